The number of aliphatic carboxylic acids is 1. The van der Waals surface area contributed by atoms with Crippen molar-refractivity contribution in [1.82, 2.24) is 26.6 Å². The number of carbonyl (C=O) groups excluding carboxylic acids is 5. The van der Waals surface area contributed by atoms with Crippen LogP contribution in [0.1, 0.15) is 44.4 Å². The Balaban J connectivity index is 1.57. The third-order valence-corrected chi connectivity index (χ3v) is 8.25. The number of aliphatic hydroxyl groups is 1. The van der Waals surface area contributed by atoms with E-state index in [0.717, 1.165) is 11.1 Å². The Bertz CT molecular complexity index is 1790. The number of nitrogens with one attached hydrogen (secondary N) is 5. The van der Waals surface area contributed by atoms with Crippen LogP contribution in [0, 0.1) is 0 Å². The van der Waals surface area contributed by atoms with Gasteiger partial charge in [0.2, 0.25) is 29.5 Å². The summed E-state index contributed by atoms with van der Waals surface area (Å²) in [6, 6.07) is 16.6. The molecule has 0 unspecified atom stereocenters. The zero-order valence-corrected chi connectivity index (χ0v) is 31.2. The van der Waals surface area contributed by atoms with E-state index in [1.165, 1.54) is 38.1 Å². The van der Waals surface area contributed by atoms with Crippen molar-refractivity contribution < 1.29 is 48.8 Å². The van der Waals surface area contributed by atoms with Gasteiger partial charge in [-0.05, 0) is 74.7 Å². The molecule has 0 fully saturated rings. The number of carboxylic acid groups (broad SMARTS) is 1. The average molecular weight is 760 g/mol. The lowest BCUT2D eigenvalue weighted by molar-refractivity contribution is -0.142. The highest BCUT2D eigenvalue weighted by molar-refractivity contribution is 5.95. The number of aromatic hydroxyl groups is 1. The zero-order chi connectivity index (χ0) is 40.5. The lowest BCUT2D eigenvalue weighted by Gasteiger charge is -2.23. The fourth-order valence-electron chi connectivity index (χ4n) is 5.09. The molecule has 3 aromatic carbocycles. The second-order valence-corrected chi connectivity index (χ2v) is 13.2. The summed E-state index contributed by atoms with van der Waals surface area (Å²) in [6.45, 7) is 6.45. The van der Waals surface area contributed by atoms with E-state index >= 15 is 0 Å². The lowest BCUT2D eigenvalue weighted by atomic mass is 10.0. The van der Waals surface area contributed by atoms with Crippen LogP contribution in [0.2, 0.25) is 0 Å². The normalized spacial score (nSPS) is 13.4. The number of ether oxygens (including phenoxy) is 1. The van der Waals surface area contributed by atoms with Crippen molar-refractivity contribution in [2.24, 2.45) is 0 Å². The van der Waals surface area contributed by atoms with Crippen LogP contribution in [0.4, 0.5) is 0 Å². The number of allylic oxidation sites excluding steroid dienone is 1. The first-order chi connectivity index (χ1) is 26.1. The number of amides is 5. The van der Waals surface area contributed by atoms with Crippen molar-refractivity contribution in [1.29, 1.82) is 0 Å². The Labute approximate surface area is 319 Å². The van der Waals surface area contributed by atoms with Crippen molar-refractivity contribution in [2.75, 3.05) is 13.2 Å². The monoisotopic (exact) mass is 759 g/mol. The Morgan fingerprint density at radius 2 is 1.20 bits per heavy atom. The summed E-state index contributed by atoms with van der Waals surface area (Å²) >= 11 is 0. The van der Waals surface area contributed by atoms with Gasteiger partial charge in [-0.3, -0.25) is 24.0 Å². The van der Waals surface area contributed by atoms with Crippen LogP contribution in [0.15, 0.2) is 90.5 Å². The Kier molecular flexibility index (Phi) is 16.9. The van der Waals surface area contributed by atoms with Gasteiger partial charge in [0.05, 0.1) is 6.54 Å². The summed E-state index contributed by atoms with van der Waals surface area (Å²) in [5.74, 6) is -4.54. The van der Waals surface area contributed by atoms with Crippen LogP contribution in [-0.2, 0) is 48.0 Å². The standard InChI is InChI=1S/C40H49N5O10/c1-24(2)18-19-55-31-16-12-29(13-17-31)21-33(40(53)54)45-37(50)26(4)42-38(51)32(20-28-10-14-30(46)15-11-28)44-35(48)23-41-36(49)25(3)43-39(52)34(47)22-27-8-6-5-7-9-27/h5-18,25-26,32-34,46-47H,19-23H2,1-4H3,(H,41,49)(H,42,51)(H,43,52)(H,44,48)(H,45,50)(H,53,54)/t25-,26+,32+,33+,34-/m0/s1. The largest absolute Gasteiger partial charge is 0.508 e. The number of phenolic OH excluding ortho intramolecular Hbond substituents is 1. The van der Waals surface area contributed by atoms with E-state index in [4.69, 9.17) is 4.74 Å². The van der Waals surface area contributed by atoms with Gasteiger partial charge in [-0.25, -0.2) is 4.79 Å². The molecule has 8 N–H and O–H groups in total. The van der Waals surface area contributed by atoms with E-state index in [2.05, 4.69) is 26.6 Å². The van der Waals surface area contributed by atoms with Crippen molar-refractivity contribution in [3.63, 3.8) is 0 Å². The molecule has 0 saturated heterocycles. The van der Waals surface area contributed by atoms with Crippen LogP contribution in [0.5, 0.6) is 11.5 Å². The first kappa shape index (κ1) is 43.2. The molecule has 55 heavy (non-hydrogen) atoms. The predicted molar refractivity (Wildman–Crippen MR) is 203 cm³/mol. The van der Waals surface area contributed by atoms with Crippen LogP contribution in [0.25, 0.3) is 0 Å². The quantitative estimate of drug-likeness (QED) is 0.0770. The van der Waals surface area contributed by atoms with Gasteiger partial charge in [-0.15, -0.1) is 0 Å². The molecule has 3 aromatic rings. The van der Waals surface area contributed by atoms with Gasteiger partial charge in [-0.1, -0.05) is 60.2 Å². The summed E-state index contributed by atoms with van der Waals surface area (Å²) < 4.78 is 5.63. The second kappa shape index (κ2) is 21.5. The highest BCUT2D eigenvalue weighted by atomic mass is 16.5. The first-order valence-corrected chi connectivity index (χ1v) is 17.7. The second-order valence-electron chi connectivity index (χ2n) is 13.2. The van der Waals surface area contributed by atoms with Crippen LogP contribution >= 0.6 is 0 Å². The number of phenols is 1. The number of carboxylic acids is 1. The van der Waals surface area contributed by atoms with Gasteiger partial charge < -0.3 is 46.6 Å². The zero-order valence-electron chi connectivity index (χ0n) is 31.2. The maximum atomic E-state index is 13.4. The molecule has 0 heterocycles. The molecule has 15 heteroatoms. The van der Waals surface area contributed by atoms with E-state index in [1.54, 1.807) is 54.6 Å². The lowest BCUT2D eigenvalue weighted by Crippen LogP contribution is -2.56. The van der Waals surface area contributed by atoms with Crippen molar-refractivity contribution in [2.45, 2.75) is 77.2 Å². The highest BCUT2D eigenvalue weighted by Crippen LogP contribution is 2.15. The number of aliphatic hydroxyl groups excluding tert-OH is 1. The smallest absolute Gasteiger partial charge is 0.326 e. The van der Waals surface area contributed by atoms with Crippen LogP contribution in [-0.4, -0.2) is 94.2 Å². The number of hydrogen-bond donors (Lipinski definition) is 8. The summed E-state index contributed by atoms with van der Waals surface area (Å²) in [5, 5.41) is 42.0. The van der Waals surface area contributed by atoms with E-state index < -0.39 is 72.3 Å². The molecule has 3 rings (SSSR count). The molecule has 5 amide bonds. The third-order valence-electron chi connectivity index (χ3n) is 8.25. The minimum atomic E-state index is -1.41. The number of benzene rings is 3. The van der Waals surface area contributed by atoms with E-state index in [-0.39, 0.29) is 25.0 Å². The molecule has 5 atom stereocenters. The molecular weight excluding hydrogens is 710 g/mol. The maximum Gasteiger partial charge on any atom is 0.326 e. The SMILES string of the molecule is CC(C)=CCOc1ccc(C[C@@H](NC(=O)[C@@H](C)NC(=O)[C@@H](Cc2ccc(O)cc2)NC(=O)CNC(=O)[C@H](C)NC(=O)[C@@H](O)Cc2ccccc2)C(=O)O)cc1. The molecule has 0 aliphatic rings. The van der Waals surface area contributed by atoms with Gasteiger partial charge in [-0.2, -0.15) is 0 Å². The number of hydrogen-bond acceptors (Lipinski definition) is 9. The molecule has 0 spiro atoms. The van der Waals surface area contributed by atoms with E-state index in [0.29, 0.717) is 23.5 Å². The van der Waals surface area contributed by atoms with Crippen molar-refractivity contribution in [3.05, 3.63) is 107 Å². The minimum Gasteiger partial charge on any atom is -0.508 e. The molecule has 0 saturated carbocycles. The molecule has 0 aromatic heterocycles. The average Bonchev–Trinajstić information content (AvgIpc) is 3.14. The van der Waals surface area contributed by atoms with Crippen LogP contribution in [0.3, 0.4) is 0 Å². The minimum absolute atomic E-state index is 0.0210. The van der Waals surface area contributed by atoms with Gasteiger partial charge in [0.15, 0.2) is 0 Å². The van der Waals surface area contributed by atoms with Crippen molar-refractivity contribution >= 4 is 35.5 Å². The maximum absolute atomic E-state index is 13.4. The van der Waals surface area contributed by atoms with Crippen LogP contribution < -0.4 is 31.3 Å². The Morgan fingerprint density at radius 1 is 0.655 bits per heavy atom. The summed E-state index contributed by atoms with van der Waals surface area (Å²) in [5.41, 5.74) is 3.00. The molecular formula is C40H49N5O10. The summed E-state index contributed by atoms with van der Waals surface area (Å²) in [7, 11) is 0. The fourth-order valence-corrected chi connectivity index (χ4v) is 5.09. The number of rotatable bonds is 20. The summed E-state index contributed by atoms with van der Waals surface area (Å²) in [6.07, 6.45) is 0.434. The predicted octanol–water partition coefficient (Wildman–Crippen LogP) is 1.31. The van der Waals surface area contributed by atoms with Gasteiger partial charge in [0.1, 0.15) is 48.4 Å². The van der Waals surface area contributed by atoms with Gasteiger partial charge in [0.25, 0.3) is 0 Å². The fraction of sp³-hybridized carbons (Fsp3) is 0.350. The molecule has 0 radical (unpaired) electrons. The highest BCUT2D eigenvalue weighted by Gasteiger charge is 2.28. The molecule has 15 nitrogen and oxygen atoms in total. The molecule has 0 aliphatic carbocycles. The molecule has 0 bridgehead atoms. The van der Waals surface area contributed by atoms with E-state index in [1.807, 2.05) is 19.9 Å². The topological polar surface area (TPSA) is 232 Å². The molecule has 294 valence electrons. The first-order valence-electron chi connectivity index (χ1n) is 17.7. The summed E-state index contributed by atoms with van der Waals surface area (Å²) in [4.78, 5) is 76.6. The Hall–Kier alpha value is -6.22. The molecule has 0 aliphatic heterocycles. The van der Waals surface area contributed by atoms with Gasteiger partial charge in [0, 0.05) is 19.3 Å². The van der Waals surface area contributed by atoms with Gasteiger partial charge >= 0.3 is 5.97 Å². The van der Waals surface area contributed by atoms with Crippen molar-refractivity contribution in [3.8, 4) is 11.5 Å². The third kappa shape index (κ3) is 15.3. The number of carbonyl (C=O) groups is 6. The van der Waals surface area contributed by atoms with E-state index in [9.17, 15) is 44.1 Å². The Morgan fingerprint density at radius 3 is 1.80 bits per heavy atom.